The van der Waals surface area contributed by atoms with E-state index in [4.69, 9.17) is 9.26 Å². The molecular formula is C17H23F3IN5O2. The number of hydrogen-bond donors (Lipinski definition) is 2. The fourth-order valence-corrected chi connectivity index (χ4v) is 2.17. The monoisotopic (exact) mass is 513 g/mol. The molecule has 0 fully saturated rings. The Hall–Kier alpha value is -2.05. The Labute approximate surface area is 178 Å². The molecule has 0 unspecified atom stereocenters. The van der Waals surface area contributed by atoms with Crippen LogP contribution >= 0.6 is 24.0 Å². The fourth-order valence-electron chi connectivity index (χ4n) is 2.17. The Morgan fingerprint density at radius 2 is 2.00 bits per heavy atom. The van der Waals surface area contributed by atoms with E-state index in [0.717, 1.165) is 5.56 Å². The summed E-state index contributed by atoms with van der Waals surface area (Å²) in [5.41, 5.74) is 1.36. The lowest BCUT2D eigenvalue weighted by atomic mass is 10.1. The zero-order valence-corrected chi connectivity index (χ0v) is 18.1. The van der Waals surface area contributed by atoms with Crippen molar-refractivity contribution in [3.05, 3.63) is 41.0 Å². The Bertz CT molecular complexity index is 780. The fraction of sp³-hybridized carbons (Fsp3) is 0.471. The molecule has 1 heterocycles. The third kappa shape index (κ3) is 8.31. The van der Waals surface area contributed by atoms with Crippen molar-refractivity contribution in [2.75, 3.05) is 13.2 Å². The number of benzene rings is 1. The Balaban J connectivity index is 0.00000392. The number of rotatable bonds is 7. The number of guanidine groups is 1. The van der Waals surface area contributed by atoms with Crippen molar-refractivity contribution in [3.63, 3.8) is 0 Å². The topological polar surface area (TPSA) is 84.6 Å². The van der Waals surface area contributed by atoms with Gasteiger partial charge in [0, 0.05) is 19.0 Å². The van der Waals surface area contributed by atoms with Gasteiger partial charge in [0.15, 0.2) is 18.4 Å². The molecule has 0 aliphatic heterocycles. The minimum atomic E-state index is -4.40. The highest BCUT2D eigenvalue weighted by Crippen LogP contribution is 2.24. The van der Waals surface area contributed by atoms with Gasteiger partial charge in [-0.1, -0.05) is 17.3 Å². The smallest absolute Gasteiger partial charge is 0.422 e. The molecule has 0 saturated carbocycles. The molecule has 0 radical (unpaired) electrons. The number of aliphatic imine (C=N–C) groups is 1. The third-order valence-corrected chi connectivity index (χ3v) is 3.35. The predicted octanol–water partition coefficient (Wildman–Crippen LogP) is 3.50. The number of hydrogen-bond acceptors (Lipinski definition) is 5. The summed E-state index contributed by atoms with van der Waals surface area (Å²) < 4.78 is 47.2. The number of aromatic nitrogens is 2. The normalized spacial score (nSPS) is 11.7. The van der Waals surface area contributed by atoms with Crippen LogP contribution in [-0.4, -0.2) is 35.4 Å². The van der Waals surface area contributed by atoms with Crippen LogP contribution in [0.1, 0.15) is 29.8 Å². The van der Waals surface area contributed by atoms with Gasteiger partial charge in [-0.25, -0.2) is 4.99 Å². The molecule has 2 aromatic rings. The summed E-state index contributed by atoms with van der Waals surface area (Å²) >= 11 is 0. The average molecular weight is 513 g/mol. The summed E-state index contributed by atoms with van der Waals surface area (Å²) in [6.07, 6.45) is -4.40. The van der Waals surface area contributed by atoms with Gasteiger partial charge >= 0.3 is 6.18 Å². The van der Waals surface area contributed by atoms with Crippen LogP contribution in [0.4, 0.5) is 13.2 Å². The van der Waals surface area contributed by atoms with Crippen molar-refractivity contribution >= 4 is 29.9 Å². The van der Waals surface area contributed by atoms with E-state index in [-0.39, 0.29) is 36.3 Å². The van der Waals surface area contributed by atoms with Gasteiger partial charge in [0.1, 0.15) is 5.75 Å². The second-order valence-corrected chi connectivity index (χ2v) is 5.79. The van der Waals surface area contributed by atoms with Gasteiger partial charge in [0.2, 0.25) is 5.89 Å². The predicted molar refractivity (Wildman–Crippen MR) is 109 cm³/mol. The van der Waals surface area contributed by atoms with E-state index < -0.39 is 12.8 Å². The number of nitrogens with zero attached hydrogens (tertiary/aromatic N) is 3. The molecule has 0 aliphatic carbocycles. The summed E-state index contributed by atoms with van der Waals surface area (Å²) in [7, 11) is 0. The molecule has 2 rings (SSSR count). The Morgan fingerprint density at radius 1 is 1.25 bits per heavy atom. The van der Waals surface area contributed by atoms with E-state index in [2.05, 4.69) is 25.8 Å². The number of halogens is 4. The molecule has 0 saturated heterocycles. The van der Waals surface area contributed by atoms with Crippen LogP contribution in [0.15, 0.2) is 27.7 Å². The van der Waals surface area contributed by atoms with E-state index in [1.165, 1.54) is 0 Å². The number of ether oxygens (including phenoxy) is 1. The van der Waals surface area contributed by atoms with Crippen LogP contribution in [0, 0.1) is 13.8 Å². The summed E-state index contributed by atoms with van der Waals surface area (Å²) in [6, 6.07) is 5.07. The van der Waals surface area contributed by atoms with E-state index in [1.807, 2.05) is 6.92 Å². The average Bonchev–Trinajstić information content (AvgIpc) is 3.01. The van der Waals surface area contributed by atoms with Gasteiger partial charge in [0.25, 0.3) is 0 Å². The zero-order chi connectivity index (χ0) is 19.9. The number of nitrogens with one attached hydrogen (secondary N) is 2. The molecular weight excluding hydrogens is 490 g/mol. The molecule has 1 aromatic carbocycles. The maximum atomic E-state index is 12.5. The van der Waals surface area contributed by atoms with Crippen molar-refractivity contribution in [1.29, 1.82) is 0 Å². The van der Waals surface area contributed by atoms with Crippen LogP contribution in [0.5, 0.6) is 5.75 Å². The van der Waals surface area contributed by atoms with E-state index >= 15 is 0 Å². The molecule has 0 amide bonds. The SMILES string of the molecule is CCNC(=NCc1ccc(C)cc1OCC(F)(F)F)NCc1noc(C)n1.I. The Morgan fingerprint density at radius 3 is 2.61 bits per heavy atom. The van der Waals surface area contributed by atoms with Crippen molar-refractivity contribution in [2.45, 2.75) is 40.0 Å². The first-order chi connectivity index (χ1) is 12.8. The highest BCUT2D eigenvalue weighted by Gasteiger charge is 2.28. The van der Waals surface area contributed by atoms with Crippen LogP contribution < -0.4 is 15.4 Å². The van der Waals surface area contributed by atoms with Crippen LogP contribution in [0.2, 0.25) is 0 Å². The standard InChI is InChI=1S/C17H22F3N5O2.HI/c1-4-21-16(23-9-15-24-12(3)27-25-15)22-8-13-6-5-11(2)7-14(13)26-10-17(18,19)20;/h5-7H,4,8-10H2,1-3H3,(H2,21,22,23);1H. The lowest BCUT2D eigenvalue weighted by Gasteiger charge is -2.14. The molecule has 0 spiro atoms. The molecule has 156 valence electrons. The van der Waals surface area contributed by atoms with Crippen molar-refractivity contribution in [2.24, 2.45) is 4.99 Å². The van der Waals surface area contributed by atoms with Crippen molar-refractivity contribution in [3.8, 4) is 5.75 Å². The lowest BCUT2D eigenvalue weighted by molar-refractivity contribution is -0.153. The molecule has 11 heteroatoms. The molecule has 2 N–H and O–H groups in total. The minimum absolute atomic E-state index is 0. The van der Waals surface area contributed by atoms with Gasteiger partial charge in [0.05, 0.1) is 13.1 Å². The van der Waals surface area contributed by atoms with E-state index in [1.54, 1.807) is 32.0 Å². The molecule has 1 aromatic heterocycles. The highest BCUT2D eigenvalue weighted by atomic mass is 127. The zero-order valence-electron chi connectivity index (χ0n) is 15.8. The van der Waals surface area contributed by atoms with E-state index in [9.17, 15) is 13.2 Å². The first-order valence-corrected chi connectivity index (χ1v) is 8.37. The third-order valence-electron chi connectivity index (χ3n) is 3.35. The molecule has 0 bridgehead atoms. The second-order valence-electron chi connectivity index (χ2n) is 5.79. The number of alkyl halides is 3. The molecule has 0 aliphatic rings. The lowest BCUT2D eigenvalue weighted by Crippen LogP contribution is -2.37. The minimum Gasteiger partial charge on any atom is -0.484 e. The van der Waals surface area contributed by atoms with Crippen molar-refractivity contribution < 1.29 is 22.4 Å². The molecule has 28 heavy (non-hydrogen) atoms. The van der Waals surface area contributed by atoms with Gasteiger partial charge in [-0.3, -0.25) is 0 Å². The summed E-state index contributed by atoms with van der Waals surface area (Å²) in [5, 5.41) is 9.87. The van der Waals surface area contributed by atoms with Crippen LogP contribution in [0.3, 0.4) is 0 Å². The van der Waals surface area contributed by atoms with Crippen molar-refractivity contribution in [1.82, 2.24) is 20.8 Å². The largest absolute Gasteiger partial charge is 0.484 e. The highest BCUT2D eigenvalue weighted by molar-refractivity contribution is 14.0. The maximum absolute atomic E-state index is 12.5. The Kier molecular flexibility index (Phi) is 9.49. The van der Waals surface area contributed by atoms with Gasteiger partial charge in [-0.05, 0) is 25.5 Å². The van der Waals surface area contributed by atoms with Gasteiger partial charge < -0.3 is 19.9 Å². The van der Waals surface area contributed by atoms with Gasteiger partial charge in [-0.15, -0.1) is 24.0 Å². The van der Waals surface area contributed by atoms with Crippen LogP contribution in [-0.2, 0) is 13.1 Å². The first kappa shape index (κ1) is 24.0. The maximum Gasteiger partial charge on any atom is 0.422 e. The summed E-state index contributed by atoms with van der Waals surface area (Å²) in [5.74, 6) is 1.57. The van der Waals surface area contributed by atoms with Crippen LogP contribution in [0.25, 0.3) is 0 Å². The van der Waals surface area contributed by atoms with Gasteiger partial charge in [-0.2, -0.15) is 18.2 Å². The quantitative estimate of drug-likeness (QED) is 0.335. The molecule has 0 atom stereocenters. The van der Waals surface area contributed by atoms with E-state index in [0.29, 0.717) is 36.3 Å². The number of aryl methyl sites for hydroxylation is 2. The summed E-state index contributed by atoms with van der Waals surface area (Å²) in [4.78, 5) is 8.47. The molecule has 7 nitrogen and oxygen atoms in total. The first-order valence-electron chi connectivity index (χ1n) is 8.37. The second kappa shape index (κ2) is 11.1. The summed E-state index contributed by atoms with van der Waals surface area (Å²) in [6.45, 7) is 5.09.